The fraction of sp³-hybridized carbons (Fsp3) is 0.562. The van der Waals surface area contributed by atoms with Crippen LogP contribution in [-0.2, 0) is 6.42 Å². The molecule has 2 nitrogen and oxygen atoms in total. The molecule has 0 saturated carbocycles. The van der Waals surface area contributed by atoms with Crippen LogP contribution in [0.2, 0.25) is 0 Å². The molecule has 1 atom stereocenters. The summed E-state index contributed by atoms with van der Waals surface area (Å²) in [6.07, 6.45) is 2.28. The van der Waals surface area contributed by atoms with Gasteiger partial charge in [0.15, 0.2) is 5.17 Å². The molecule has 1 heterocycles. The van der Waals surface area contributed by atoms with Gasteiger partial charge in [-0.15, -0.1) is 0 Å². The van der Waals surface area contributed by atoms with E-state index in [2.05, 4.69) is 50.4 Å². The molecule has 0 amide bonds. The highest BCUT2D eigenvalue weighted by molar-refractivity contribution is 8.13. The Morgan fingerprint density at radius 1 is 1.37 bits per heavy atom. The van der Waals surface area contributed by atoms with E-state index in [1.165, 1.54) is 23.3 Å². The number of thioether (sulfide) groups is 1. The van der Waals surface area contributed by atoms with Crippen LogP contribution in [0.15, 0.2) is 29.3 Å². The Balaban J connectivity index is 1.87. The Hall–Kier alpha value is -0.960. The summed E-state index contributed by atoms with van der Waals surface area (Å²) in [6.45, 7) is 7.60. The van der Waals surface area contributed by atoms with E-state index in [9.17, 15) is 0 Å². The minimum absolute atomic E-state index is 0.596. The fourth-order valence-corrected chi connectivity index (χ4v) is 3.30. The molecule has 0 aromatic heterocycles. The summed E-state index contributed by atoms with van der Waals surface area (Å²) in [4.78, 5) is 4.72. The number of rotatable bonds is 4. The van der Waals surface area contributed by atoms with Crippen molar-refractivity contribution in [1.29, 1.82) is 0 Å². The summed E-state index contributed by atoms with van der Waals surface area (Å²) >= 11 is 1.86. The van der Waals surface area contributed by atoms with Gasteiger partial charge in [0, 0.05) is 18.3 Å². The van der Waals surface area contributed by atoms with Crippen LogP contribution in [0.4, 0.5) is 0 Å². The highest BCUT2D eigenvalue weighted by Crippen LogP contribution is 2.18. The molecule has 1 aliphatic rings. The first-order chi connectivity index (χ1) is 9.16. The van der Waals surface area contributed by atoms with E-state index in [1.807, 2.05) is 11.8 Å². The van der Waals surface area contributed by atoms with Gasteiger partial charge in [0.1, 0.15) is 0 Å². The van der Waals surface area contributed by atoms with E-state index >= 15 is 0 Å². The molecule has 1 saturated heterocycles. The highest BCUT2D eigenvalue weighted by Gasteiger charge is 2.19. The first-order valence-corrected chi connectivity index (χ1v) is 8.13. The van der Waals surface area contributed by atoms with Crippen molar-refractivity contribution in [3.8, 4) is 0 Å². The predicted molar refractivity (Wildman–Crippen MR) is 86.0 cm³/mol. The molecule has 104 valence electrons. The summed E-state index contributed by atoms with van der Waals surface area (Å²) < 4.78 is 0. The van der Waals surface area contributed by atoms with E-state index in [0.717, 1.165) is 18.1 Å². The molecule has 0 aliphatic carbocycles. The average Bonchev–Trinajstić information content (AvgIpc) is 2.41. The van der Waals surface area contributed by atoms with Crippen LogP contribution in [-0.4, -0.2) is 23.5 Å². The summed E-state index contributed by atoms with van der Waals surface area (Å²) in [6, 6.07) is 9.17. The Morgan fingerprint density at radius 2 is 2.16 bits per heavy atom. The molecule has 0 spiro atoms. The molecule has 1 aromatic carbocycles. The third kappa shape index (κ3) is 4.27. The van der Waals surface area contributed by atoms with Gasteiger partial charge in [-0.05, 0) is 36.8 Å². The second kappa shape index (κ2) is 6.99. The van der Waals surface area contributed by atoms with Crippen molar-refractivity contribution in [3.05, 3.63) is 35.4 Å². The van der Waals surface area contributed by atoms with E-state index < -0.39 is 0 Å². The minimum atomic E-state index is 0.596. The maximum absolute atomic E-state index is 4.72. The fourth-order valence-electron chi connectivity index (χ4n) is 2.31. The molecule has 0 bridgehead atoms. The lowest BCUT2D eigenvalue weighted by atomic mass is 10.0. The number of nitrogens with zero attached hydrogens (tertiary/aromatic N) is 1. The average molecular weight is 276 g/mol. The van der Waals surface area contributed by atoms with E-state index in [1.54, 1.807) is 0 Å². The molecule has 1 unspecified atom stereocenters. The Kier molecular flexibility index (Phi) is 5.32. The van der Waals surface area contributed by atoms with Gasteiger partial charge < -0.3 is 5.32 Å². The molecule has 1 aromatic rings. The molecule has 1 aliphatic heterocycles. The summed E-state index contributed by atoms with van der Waals surface area (Å²) in [5, 5.41) is 4.70. The Morgan fingerprint density at radius 3 is 2.89 bits per heavy atom. The smallest absolute Gasteiger partial charge is 0.156 e. The van der Waals surface area contributed by atoms with Gasteiger partial charge in [0.2, 0.25) is 0 Å². The minimum Gasteiger partial charge on any atom is -0.362 e. The van der Waals surface area contributed by atoms with E-state index in [-0.39, 0.29) is 0 Å². The molecule has 1 N–H and O–H groups in total. The lowest BCUT2D eigenvalue weighted by Crippen LogP contribution is -2.41. The number of nitrogens with one attached hydrogen (secondary N) is 1. The summed E-state index contributed by atoms with van der Waals surface area (Å²) in [7, 11) is 0. The summed E-state index contributed by atoms with van der Waals surface area (Å²) in [5.41, 5.74) is 2.78. The number of aryl methyl sites for hydroxylation is 1. The normalized spacial score (nSPS) is 21.7. The van der Waals surface area contributed by atoms with Gasteiger partial charge >= 0.3 is 0 Å². The molecular weight excluding hydrogens is 252 g/mol. The van der Waals surface area contributed by atoms with E-state index in [0.29, 0.717) is 12.0 Å². The zero-order chi connectivity index (χ0) is 13.7. The molecule has 0 radical (unpaired) electrons. The van der Waals surface area contributed by atoms with Crippen LogP contribution < -0.4 is 5.32 Å². The van der Waals surface area contributed by atoms with Crippen LogP contribution >= 0.6 is 11.8 Å². The SMILES string of the molecule is Cc1ccccc1CCN=C1NC(C(C)C)CCS1. The topological polar surface area (TPSA) is 24.4 Å². The maximum Gasteiger partial charge on any atom is 0.156 e. The lowest BCUT2D eigenvalue weighted by molar-refractivity contribution is 0.442. The van der Waals surface area contributed by atoms with Crippen molar-refractivity contribution < 1.29 is 0 Å². The van der Waals surface area contributed by atoms with Crippen LogP contribution in [0.5, 0.6) is 0 Å². The monoisotopic (exact) mass is 276 g/mol. The van der Waals surface area contributed by atoms with Crippen molar-refractivity contribution in [2.75, 3.05) is 12.3 Å². The largest absolute Gasteiger partial charge is 0.362 e. The Bertz CT molecular complexity index is 440. The molecular formula is C16H24N2S. The van der Waals surface area contributed by atoms with Gasteiger partial charge in [-0.25, -0.2) is 0 Å². The Labute approximate surface area is 121 Å². The molecule has 2 rings (SSSR count). The maximum atomic E-state index is 4.72. The first kappa shape index (κ1) is 14.4. The van der Waals surface area contributed by atoms with Crippen LogP contribution in [0, 0.1) is 12.8 Å². The molecule has 3 heteroatoms. The van der Waals surface area contributed by atoms with Gasteiger partial charge in [-0.3, -0.25) is 4.99 Å². The molecule has 1 fully saturated rings. The third-order valence-electron chi connectivity index (χ3n) is 3.68. The zero-order valence-electron chi connectivity index (χ0n) is 12.1. The second-order valence-corrected chi connectivity index (χ2v) is 6.58. The third-order valence-corrected chi connectivity index (χ3v) is 4.64. The zero-order valence-corrected chi connectivity index (χ0v) is 13.0. The van der Waals surface area contributed by atoms with Crippen molar-refractivity contribution in [3.63, 3.8) is 0 Å². The van der Waals surface area contributed by atoms with Gasteiger partial charge in [0.05, 0.1) is 0 Å². The molecule has 19 heavy (non-hydrogen) atoms. The van der Waals surface area contributed by atoms with Crippen molar-refractivity contribution in [2.45, 2.75) is 39.7 Å². The number of aliphatic imine (C=N–C) groups is 1. The van der Waals surface area contributed by atoms with E-state index in [4.69, 9.17) is 4.99 Å². The predicted octanol–water partition coefficient (Wildman–Crippen LogP) is 3.64. The van der Waals surface area contributed by atoms with Crippen LogP contribution in [0.25, 0.3) is 0 Å². The highest BCUT2D eigenvalue weighted by atomic mass is 32.2. The van der Waals surface area contributed by atoms with Crippen molar-refractivity contribution in [1.82, 2.24) is 5.32 Å². The number of hydrogen-bond acceptors (Lipinski definition) is 2. The van der Waals surface area contributed by atoms with Gasteiger partial charge in [0.25, 0.3) is 0 Å². The van der Waals surface area contributed by atoms with Gasteiger partial charge in [-0.2, -0.15) is 0 Å². The van der Waals surface area contributed by atoms with Crippen molar-refractivity contribution >= 4 is 16.9 Å². The second-order valence-electron chi connectivity index (χ2n) is 5.50. The number of hydrogen-bond donors (Lipinski definition) is 1. The summed E-state index contributed by atoms with van der Waals surface area (Å²) in [5.74, 6) is 1.88. The van der Waals surface area contributed by atoms with Crippen LogP contribution in [0.1, 0.15) is 31.4 Å². The van der Waals surface area contributed by atoms with Gasteiger partial charge in [-0.1, -0.05) is 49.9 Å². The number of benzene rings is 1. The van der Waals surface area contributed by atoms with Crippen LogP contribution in [0.3, 0.4) is 0 Å². The van der Waals surface area contributed by atoms with Crippen molar-refractivity contribution in [2.24, 2.45) is 10.9 Å². The first-order valence-electron chi connectivity index (χ1n) is 7.15. The number of amidine groups is 1. The standard InChI is InChI=1S/C16H24N2S/c1-12(2)15-9-11-19-16(18-15)17-10-8-14-7-5-4-6-13(14)3/h4-7,12,15H,8-11H2,1-3H3,(H,17,18). The quantitative estimate of drug-likeness (QED) is 0.908. The lowest BCUT2D eigenvalue weighted by Gasteiger charge is -2.28.